The fourth-order valence-corrected chi connectivity index (χ4v) is 2.47. The summed E-state index contributed by atoms with van der Waals surface area (Å²) in [6, 6.07) is 9.67. The van der Waals surface area contributed by atoms with E-state index in [0.717, 1.165) is 12.0 Å². The molecule has 1 fully saturated rings. The average Bonchev–Trinajstić information content (AvgIpc) is 2.47. The van der Waals surface area contributed by atoms with Gasteiger partial charge in [0.05, 0.1) is 19.3 Å². The molecule has 1 aliphatic rings. The molecular formula is C15H22N2O2. The van der Waals surface area contributed by atoms with Gasteiger partial charge in [0.25, 0.3) is 0 Å². The van der Waals surface area contributed by atoms with E-state index >= 15 is 0 Å². The summed E-state index contributed by atoms with van der Waals surface area (Å²) in [6.45, 7) is 5.67. The molecule has 1 aromatic rings. The van der Waals surface area contributed by atoms with E-state index in [1.165, 1.54) is 0 Å². The summed E-state index contributed by atoms with van der Waals surface area (Å²) in [4.78, 5) is 14.6. The van der Waals surface area contributed by atoms with Gasteiger partial charge in [0.2, 0.25) is 5.91 Å². The van der Waals surface area contributed by atoms with Gasteiger partial charge in [-0.15, -0.1) is 0 Å². The number of rotatable bonds is 3. The van der Waals surface area contributed by atoms with Gasteiger partial charge in [0, 0.05) is 6.54 Å². The molecular weight excluding hydrogens is 240 g/mol. The van der Waals surface area contributed by atoms with E-state index in [9.17, 15) is 4.79 Å². The number of nitrogens with two attached hydrogens (primary N) is 1. The molecule has 1 saturated heterocycles. The van der Waals surface area contributed by atoms with Crippen LogP contribution < -0.4 is 5.73 Å². The van der Waals surface area contributed by atoms with Crippen molar-refractivity contribution in [2.75, 3.05) is 19.8 Å². The van der Waals surface area contributed by atoms with Gasteiger partial charge < -0.3 is 15.4 Å². The van der Waals surface area contributed by atoms with Crippen LogP contribution in [0, 0.1) is 0 Å². The van der Waals surface area contributed by atoms with Crippen LogP contribution in [0.1, 0.15) is 25.8 Å². The molecule has 0 radical (unpaired) electrons. The minimum absolute atomic E-state index is 0.0196. The maximum Gasteiger partial charge on any atom is 0.247 e. The van der Waals surface area contributed by atoms with Crippen molar-refractivity contribution >= 4 is 5.91 Å². The Bertz CT molecular complexity index is 431. The molecule has 1 aliphatic heterocycles. The van der Waals surface area contributed by atoms with Gasteiger partial charge in [-0.2, -0.15) is 0 Å². The number of nitrogens with zero attached hydrogens (tertiary/aromatic N) is 1. The monoisotopic (exact) mass is 262 g/mol. The molecule has 0 aromatic heterocycles. The first-order valence-corrected chi connectivity index (χ1v) is 6.80. The van der Waals surface area contributed by atoms with E-state index in [0.29, 0.717) is 19.8 Å². The topological polar surface area (TPSA) is 55.6 Å². The van der Waals surface area contributed by atoms with Crippen LogP contribution in [-0.4, -0.2) is 36.6 Å². The molecule has 4 heteroatoms. The van der Waals surface area contributed by atoms with Gasteiger partial charge in [0.1, 0.15) is 5.54 Å². The Balaban J connectivity index is 2.22. The molecule has 1 aromatic carbocycles. The number of carbonyl (C=O) groups excluding carboxylic acids is 1. The molecule has 19 heavy (non-hydrogen) atoms. The van der Waals surface area contributed by atoms with Gasteiger partial charge in [-0.3, -0.25) is 4.79 Å². The third-order valence-corrected chi connectivity index (χ3v) is 3.78. The van der Waals surface area contributed by atoms with Crippen molar-refractivity contribution in [3.8, 4) is 0 Å². The Morgan fingerprint density at radius 3 is 2.79 bits per heavy atom. The van der Waals surface area contributed by atoms with E-state index in [2.05, 4.69) is 6.92 Å². The smallest absolute Gasteiger partial charge is 0.247 e. The highest BCUT2D eigenvalue weighted by Gasteiger charge is 2.38. The van der Waals surface area contributed by atoms with Crippen molar-refractivity contribution in [1.29, 1.82) is 0 Å². The molecule has 1 amide bonds. The number of carbonyl (C=O) groups is 1. The zero-order chi connectivity index (χ0) is 13.9. The molecule has 2 atom stereocenters. The summed E-state index contributed by atoms with van der Waals surface area (Å²) >= 11 is 0. The standard InChI is InChI=1S/C15H22N2O2/c1-3-13-11-19-10-9-17(13)14(18)15(2,16)12-7-5-4-6-8-12/h4-8,13H,3,9-11,16H2,1-2H3. The van der Waals surface area contributed by atoms with Crippen molar-refractivity contribution in [2.24, 2.45) is 5.73 Å². The van der Waals surface area contributed by atoms with Crippen LogP contribution in [0.3, 0.4) is 0 Å². The number of benzene rings is 1. The minimum Gasteiger partial charge on any atom is -0.377 e. The van der Waals surface area contributed by atoms with Gasteiger partial charge >= 0.3 is 0 Å². The van der Waals surface area contributed by atoms with E-state index in [1.807, 2.05) is 35.2 Å². The molecule has 4 nitrogen and oxygen atoms in total. The van der Waals surface area contributed by atoms with Crippen LogP contribution in [0.4, 0.5) is 0 Å². The molecule has 2 N–H and O–H groups in total. The Morgan fingerprint density at radius 2 is 2.16 bits per heavy atom. The highest BCUT2D eigenvalue weighted by molar-refractivity contribution is 5.87. The normalized spacial score (nSPS) is 22.9. The number of hydrogen-bond donors (Lipinski definition) is 1. The van der Waals surface area contributed by atoms with E-state index < -0.39 is 5.54 Å². The van der Waals surface area contributed by atoms with Crippen molar-refractivity contribution in [3.63, 3.8) is 0 Å². The Kier molecular flexibility index (Phi) is 4.22. The first-order chi connectivity index (χ1) is 9.07. The molecule has 1 heterocycles. The lowest BCUT2D eigenvalue weighted by atomic mass is 9.90. The van der Waals surface area contributed by atoms with Crippen LogP contribution in [0.5, 0.6) is 0 Å². The zero-order valence-electron chi connectivity index (χ0n) is 11.6. The van der Waals surface area contributed by atoms with Gasteiger partial charge in [0.15, 0.2) is 0 Å². The molecule has 0 bridgehead atoms. The maximum atomic E-state index is 12.7. The highest BCUT2D eigenvalue weighted by atomic mass is 16.5. The van der Waals surface area contributed by atoms with Crippen LogP contribution in [0.25, 0.3) is 0 Å². The molecule has 0 saturated carbocycles. The first-order valence-electron chi connectivity index (χ1n) is 6.80. The average molecular weight is 262 g/mol. The van der Waals surface area contributed by atoms with Gasteiger partial charge in [-0.1, -0.05) is 37.3 Å². The lowest BCUT2D eigenvalue weighted by Crippen LogP contribution is -2.57. The van der Waals surface area contributed by atoms with Crippen molar-refractivity contribution in [1.82, 2.24) is 4.90 Å². The third kappa shape index (κ3) is 2.80. The Hall–Kier alpha value is -1.39. The van der Waals surface area contributed by atoms with Gasteiger partial charge in [-0.25, -0.2) is 0 Å². The van der Waals surface area contributed by atoms with Crippen molar-refractivity contribution in [2.45, 2.75) is 31.8 Å². The van der Waals surface area contributed by atoms with E-state index in [4.69, 9.17) is 10.5 Å². The number of morpholine rings is 1. The summed E-state index contributed by atoms with van der Waals surface area (Å²) in [7, 11) is 0. The fraction of sp³-hybridized carbons (Fsp3) is 0.533. The summed E-state index contributed by atoms with van der Waals surface area (Å²) in [5, 5.41) is 0. The van der Waals surface area contributed by atoms with Crippen LogP contribution in [0.2, 0.25) is 0 Å². The lowest BCUT2D eigenvalue weighted by molar-refractivity contribution is -0.145. The van der Waals surface area contributed by atoms with E-state index in [1.54, 1.807) is 6.92 Å². The largest absolute Gasteiger partial charge is 0.377 e. The molecule has 0 spiro atoms. The summed E-state index contributed by atoms with van der Waals surface area (Å²) in [6.07, 6.45) is 0.886. The summed E-state index contributed by atoms with van der Waals surface area (Å²) in [5.74, 6) is -0.0196. The van der Waals surface area contributed by atoms with Crippen molar-refractivity contribution in [3.05, 3.63) is 35.9 Å². The fourth-order valence-electron chi connectivity index (χ4n) is 2.47. The molecule has 2 rings (SSSR count). The van der Waals surface area contributed by atoms with Crippen molar-refractivity contribution < 1.29 is 9.53 Å². The second-order valence-corrected chi connectivity index (χ2v) is 5.20. The number of hydrogen-bond acceptors (Lipinski definition) is 3. The lowest BCUT2D eigenvalue weighted by Gasteiger charge is -2.39. The molecule has 2 unspecified atom stereocenters. The SMILES string of the molecule is CCC1COCCN1C(=O)C(C)(N)c1ccccc1. The quantitative estimate of drug-likeness (QED) is 0.898. The molecule has 0 aliphatic carbocycles. The predicted molar refractivity (Wildman–Crippen MR) is 74.6 cm³/mol. The second-order valence-electron chi connectivity index (χ2n) is 5.20. The second kappa shape index (κ2) is 5.72. The first kappa shape index (κ1) is 14.0. The Labute approximate surface area is 114 Å². The van der Waals surface area contributed by atoms with Gasteiger partial charge in [-0.05, 0) is 18.9 Å². The van der Waals surface area contributed by atoms with Crippen LogP contribution in [0.15, 0.2) is 30.3 Å². The highest BCUT2D eigenvalue weighted by Crippen LogP contribution is 2.23. The minimum atomic E-state index is -0.980. The summed E-state index contributed by atoms with van der Waals surface area (Å²) < 4.78 is 5.44. The number of ether oxygens (including phenoxy) is 1. The zero-order valence-corrected chi connectivity index (χ0v) is 11.6. The predicted octanol–water partition coefficient (Wildman–Crippen LogP) is 1.50. The van der Waals surface area contributed by atoms with Crippen LogP contribution >= 0.6 is 0 Å². The summed E-state index contributed by atoms with van der Waals surface area (Å²) in [5.41, 5.74) is 6.17. The maximum absolute atomic E-state index is 12.7. The van der Waals surface area contributed by atoms with Crippen LogP contribution in [-0.2, 0) is 15.1 Å². The Morgan fingerprint density at radius 1 is 1.47 bits per heavy atom. The number of amides is 1. The molecule has 104 valence electrons. The van der Waals surface area contributed by atoms with E-state index in [-0.39, 0.29) is 11.9 Å². The third-order valence-electron chi connectivity index (χ3n) is 3.78.